The third kappa shape index (κ3) is 11.0. The summed E-state index contributed by atoms with van der Waals surface area (Å²) in [4.78, 5) is 0. The number of ether oxygens (including phenoxy) is 6. The molecule has 6 atom stereocenters. The molecule has 1 aliphatic carbocycles. The summed E-state index contributed by atoms with van der Waals surface area (Å²) < 4.78 is 38.1. The van der Waals surface area contributed by atoms with Crippen LogP contribution in [0.5, 0.6) is 11.5 Å². The van der Waals surface area contributed by atoms with Gasteiger partial charge in [-0.05, 0) is 55.0 Å². The molecule has 0 aliphatic heterocycles. The van der Waals surface area contributed by atoms with E-state index >= 15 is 0 Å². The standard InChI is InChI=1S/C37H58O7/c1-6-10-22-40-27-31-33(38)35(44-32-17-15-14-16-29(32)26-28-18-20-30(39-5)21-19-28)37(43-25-13-9-4)36(42-24-12-8-3)34(31)41-23-11-7-2/h14-21,31,33-38H,6-13,22-27H2,1-5H3/t31-,33-,34+,35+,36-,37-/m0/s1. The maximum absolute atomic E-state index is 12.1. The second-order valence-corrected chi connectivity index (χ2v) is 11.9. The van der Waals surface area contributed by atoms with E-state index < -0.39 is 24.4 Å². The first kappa shape index (κ1) is 36.3. The highest BCUT2D eigenvalue weighted by atomic mass is 16.6. The number of rotatable bonds is 22. The van der Waals surface area contributed by atoms with E-state index in [1.165, 1.54) is 0 Å². The Kier molecular flexibility index (Phi) is 17.2. The normalized spacial score (nSPS) is 23.5. The minimum absolute atomic E-state index is 0.319. The average Bonchev–Trinajstić information content (AvgIpc) is 3.04. The Morgan fingerprint density at radius 1 is 0.636 bits per heavy atom. The van der Waals surface area contributed by atoms with Crippen molar-refractivity contribution in [1.29, 1.82) is 0 Å². The molecular formula is C37H58O7. The zero-order valence-electron chi connectivity index (χ0n) is 27.9. The van der Waals surface area contributed by atoms with Gasteiger partial charge in [0.1, 0.15) is 29.8 Å². The smallest absolute Gasteiger partial charge is 0.154 e. The first-order valence-electron chi connectivity index (χ1n) is 17.1. The highest BCUT2D eigenvalue weighted by Gasteiger charge is 2.53. The first-order chi connectivity index (χ1) is 21.6. The van der Waals surface area contributed by atoms with Crippen LogP contribution in [0.4, 0.5) is 0 Å². The van der Waals surface area contributed by atoms with Crippen LogP contribution in [0.25, 0.3) is 0 Å². The third-order valence-corrected chi connectivity index (χ3v) is 8.34. The molecule has 2 aromatic carbocycles. The predicted octanol–water partition coefficient (Wildman–Crippen LogP) is 7.40. The second-order valence-electron chi connectivity index (χ2n) is 11.9. The zero-order chi connectivity index (χ0) is 31.6. The Hall–Kier alpha value is -2.16. The molecule has 1 fully saturated rings. The fourth-order valence-corrected chi connectivity index (χ4v) is 5.61. The summed E-state index contributed by atoms with van der Waals surface area (Å²) in [6.45, 7) is 11.4. The lowest BCUT2D eigenvalue weighted by Crippen LogP contribution is -2.66. The monoisotopic (exact) mass is 614 g/mol. The molecule has 0 heterocycles. The number of benzene rings is 2. The summed E-state index contributed by atoms with van der Waals surface area (Å²) in [6, 6.07) is 16.2. The number of para-hydroxylation sites is 1. The van der Waals surface area contributed by atoms with Gasteiger partial charge in [-0.25, -0.2) is 0 Å². The molecule has 1 aliphatic rings. The van der Waals surface area contributed by atoms with Crippen LogP contribution in [0.2, 0.25) is 0 Å². The number of hydrogen-bond donors (Lipinski definition) is 1. The van der Waals surface area contributed by atoms with Gasteiger partial charge in [-0.2, -0.15) is 0 Å². The Labute approximate surface area is 266 Å². The van der Waals surface area contributed by atoms with E-state index in [4.69, 9.17) is 28.4 Å². The van der Waals surface area contributed by atoms with E-state index in [-0.39, 0.29) is 12.0 Å². The molecule has 0 unspecified atom stereocenters. The highest BCUT2D eigenvalue weighted by molar-refractivity contribution is 5.39. The van der Waals surface area contributed by atoms with Crippen molar-refractivity contribution in [2.45, 2.75) is 116 Å². The molecule has 248 valence electrons. The number of methoxy groups -OCH3 is 1. The summed E-state index contributed by atoms with van der Waals surface area (Å²) in [7, 11) is 1.67. The van der Waals surface area contributed by atoms with Gasteiger partial charge in [0.05, 0.1) is 19.8 Å². The molecule has 2 aromatic rings. The molecule has 0 amide bonds. The highest BCUT2D eigenvalue weighted by Crippen LogP contribution is 2.37. The van der Waals surface area contributed by atoms with Crippen molar-refractivity contribution < 1.29 is 33.5 Å². The minimum atomic E-state index is -0.866. The lowest BCUT2D eigenvalue weighted by atomic mass is 9.78. The zero-order valence-corrected chi connectivity index (χ0v) is 27.9. The average molecular weight is 615 g/mol. The lowest BCUT2D eigenvalue weighted by Gasteiger charge is -2.48. The van der Waals surface area contributed by atoms with Gasteiger partial charge >= 0.3 is 0 Å². The van der Waals surface area contributed by atoms with Crippen LogP contribution in [0.1, 0.15) is 90.2 Å². The van der Waals surface area contributed by atoms with Crippen LogP contribution in [-0.4, -0.2) is 75.8 Å². The van der Waals surface area contributed by atoms with Gasteiger partial charge in [-0.1, -0.05) is 83.7 Å². The summed E-state index contributed by atoms with van der Waals surface area (Å²) in [5, 5.41) is 12.1. The van der Waals surface area contributed by atoms with Crippen molar-refractivity contribution in [2.75, 3.05) is 40.1 Å². The van der Waals surface area contributed by atoms with Crippen LogP contribution >= 0.6 is 0 Å². The van der Waals surface area contributed by atoms with E-state index in [0.717, 1.165) is 74.0 Å². The van der Waals surface area contributed by atoms with Crippen molar-refractivity contribution in [3.05, 3.63) is 59.7 Å². The van der Waals surface area contributed by atoms with E-state index in [2.05, 4.69) is 45.9 Å². The largest absolute Gasteiger partial charge is 0.497 e. The maximum Gasteiger partial charge on any atom is 0.154 e. The molecule has 1 saturated carbocycles. The molecule has 7 nitrogen and oxygen atoms in total. The van der Waals surface area contributed by atoms with E-state index in [1.54, 1.807) is 7.11 Å². The van der Waals surface area contributed by atoms with Crippen molar-refractivity contribution in [1.82, 2.24) is 0 Å². The van der Waals surface area contributed by atoms with Crippen LogP contribution in [0, 0.1) is 5.92 Å². The van der Waals surface area contributed by atoms with Crippen LogP contribution in [0.3, 0.4) is 0 Å². The minimum Gasteiger partial charge on any atom is -0.497 e. The molecule has 7 heteroatoms. The number of aliphatic hydroxyl groups excluding tert-OH is 1. The van der Waals surface area contributed by atoms with E-state index in [0.29, 0.717) is 39.5 Å². The third-order valence-electron chi connectivity index (χ3n) is 8.34. The Balaban J connectivity index is 1.97. The summed E-state index contributed by atoms with van der Waals surface area (Å²) in [6.07, 6.45) is 5.81. The Morgan fingerprint density at radius 2 is 1.18 bits per heavy atom. The predicted molar refractivity (Wildman–Crippen MR) is 176 cm³/mol. The van der Waals surface area contributed by atoms with Crippen LogP contribution in [-0.2, 0) is 25.4 Å². The van der Waals surface area contributed by atoms with Crippen molar-refractivity contribution in [3.8, 4) is 11.5 Å². The Bertz CT molecular complexity index is 1010. The van der Waals surface area contributed by atoms with Gasteiger partial charge in [0.15, 0.2) is 6.10 Å². The van der Waals surface area contributed by atoms with Gasteiger partial charge in [-0.3, -0.25) is 0 Å². The lowest BCUT2D eigenvalue weighted by molar-refractivity contribution is -0.243. The second kappa shape index (κ2) is 20.8. The van der Waals surface area contributed by atoms with Gasteiger partial charge in [0.2, 0.25) is 0 Å². The van der Waals surface area contributed by atoms with E-state index in [9.17, 15) is 5.11 Å². The summed E-state index contributed by atoms with van der Waals surface area (Å²) in [5.41, 5.74) is 2.19. The number of unbranched alkanes of at least 4 members (excludes halogenated alkanes) is 4. The molecule has 44 heavy (non-hydrogen) atoms. The van der Waals surface area contributed by atoms with E-state index in [1.807, 2.05) is 30.3 Å². The van der Waals surface area contributed by atoms with Gasteiger partial charge in [0.25, 0.3) is 0 Å². The molecular weight excluding hydrogens is 556 g/mol. The fourth-order valence-electron chi connectivity index (χ4n) is 5.61. The van der Waals surface area contributed by atoms with Crippen molar-refractivity contribution >= 4 is 0 Å². The quantitative estimate of drug-likeness (QED) is 0.139. The topological polar surface area (TPSA) is 75.6 Å². The van der Waals surface area contributed by atoms with Crippen LogP contribution in [0.15, 0.2) is 48.5 Å². The fraction of sp³-hybridized carbons (Fsp3) is 0.676. The molecule has 0 saturated heterocycles. The molecule has 0 aromatic heterocycles. The molecule has 0 bridgehead atoms. The molecule has 0 spiro atoms. The number of hydrogen-bond acceptors (Lipinski definition) is 7. The summed E-state index contributed by atoms with van der Waals surface area (Å²) in [5.74, 6) is 1.24. The summed E-state index contributed by atoms with van der Waals surface area (Å²) >= 11 is 0. The SMILES string of the molecule is CCCCOC[C@H]1[C@H](O)[C@@H](Oc2ccccc2Cc2ccc(OC)cc2)[C@H](OCCCC)[C@@H](OCCCC)[C@@H]1OCCCC. The number of aliphatic hydroxyl groups is 1. The van der Waals surface area contributed by atoms with Crippen molar-refractivity contribution in [2.24, 2.45) is 5.92 Å². The van der Waals surface area contributed by atoms with Crippen LogP contribution < -0.4 is 9.47 Å². The maximum atomic E-state index is 12.1. The van der Waals surface area contributed by atoms with Gasteiger partial charge in [-0.15, -0.1) is 0 Å². The Morgan fingerprint density at radius 3 is 1.77 bits per heavy atom. The first-order valence-corrected chi connectivity index (χ1v) is 17.1. The molecule has 0 radical (unpaired) electrons. The van der Waals surface area contributed by atoms with Crippen molar-refractivity contribution in [3.63, 3.8) is 0 Å². The van der Waals surface area contributed by atoms with Gasteiger partial charge < -0.3 is 33.5 Å². The van der Waals surface area contributed by atoms with Gasteiger partial charge in [0, 0.05) is 38.8 Å². The molecule has 3 rings (SSSR count). The molecule has 1 N–H and O–H groups in total.